The molecule has 4 rings (SSSR count). The molecule has 1 N–H and O–H groups in total. The molecule has 3 aromatic rings. The third kappa shape index (κ3) is 5.47. The van der Waals surface area contributed by atoms with Gasteiger partial charge in [-0.25, -0.2) is 4.98 Å². The molecule has 5 heteroatoms. The lowest BCUT2D eigenvalue weighted by atomic mass is 9.89. The minimum Gasteiger partial charge on any atom is -0.350 e. The van der Waals surface area contributed by atoms with Crippen molar-refractivity contribution >= 4 is 11.6 Å². The summed E-state index contributed by atoms with van der Waals surface area (Å²) in [6, 6.07) is 14.9. The first kappa shape index (κ1) is 23.5. The molecule has 1 aliphatic rings. The predicted octanol–water partition coefficient (Wildman–Crippen LogP) is 5.61. The highest BCUT2D eigenvalue weighted by molar-refractivity contribution is 5.93. The lowest BCUT2D eigenvalue weighted by molar-refractivity contribution is 0.0943. The van der Waals surface area contributed by atoms with Gasteiger partial charge in [0.25, 0.3) is 5.91 Å². The highest BCUT2D eigenvalue weighted by Crippen LogP contribution is 2.26. The van der Waals surface area contributed by atoms with Crippen molar-refractivity contribution in [1.29, 1.82) is 0 Å². The molecule has 1 amide bonds. The Morgan fingerprint density at radius 3 is 2.45 bits per heavy atom. The zero-order valence-electron chi connectivity index (χ0n) is 20.6. The summed E-state index contributed by atoms with van der Waals surface area (Å²) >= 11 is 0. The van der Waals surface area contributed by atoms with Crippen LogP contribution in [0.15, 0.2) is 48.7 Å². The molecule has 176 valence electrons. The van der Waals surface area contributed by atoms with E-state index in [1.165, 1.54) is 24.0 Å². The van der Waals surface area contributed by atoms with Gasteiger partial charge in [-0.15, -0.1) is 0 Å². The van der Waals surface area contributed by atoms with Crippen LogP contribution in [0.1, 0.15) is 86.2 Å². The summed E-state index contributed by atoms with van der Waals surface area (Å²) in [6.45, 7) is 11.7. The summed E-state index contributed by atoms with van der Waals surface area (Å²) in [6.07, 6.45) is 6.63. The summed E-state index contributed by atoms with van der Waals surface area (Å²) < 4.78 is 1.95. The molecule has 1 aromatic carbocycles. The van der Waals surface area contributed by atoms with Gasteiger partial charge in [-0.05, 0) is 74.9 Å². The van der Waals surface area contributed by atoms with Gasteiger partial charge in [-0.1, -0.05) is 51.1 Å². The van der Waals surface area contributed by atoms with E-state index in [1.807, 2.05) is 28.8 Å². The van der Waals surface area contributed by atoms with E-state index in [4.69, 9.17) is 4.98 Å². The van der Waals surface area contributed by atoms with Crippen LogP contribution in [0.2, 0.25) is 0 Å². The van der Waals surface area contributed by atoms with Crippen LogP contribution < -0.4 is 5.32 Å². The maximum Gasteiger partial charge on any atom is 0.268 e. The van der Waals surface area contributed by atoms with Crippen LogP contribution in [-0.2, 0) is 6.42 Å². The molecule has 0 aliphatic carbocycles. The third-order valence-electron chi connectivity index (χ3n) is 6.98. The highest BCUT2D eigenvalue weighted by atomic mass is 16.1. The second kappa shape index (κ2) is 10.5. The Morgan fingerprint density at radius 1 is 1.06 bits per heavy atom. The van der Waals surface area contributed by atoms with Gasteiger partial charge >= 0.3 is 0 Å². The smallest absolute Gasteiger partial charge is 0.268 e. The molecule has 2 atom stereocenters. The van der Waals surface area contributed by atoms with Gasteiger partial charge in [-0.3, -0.25) is 14.1 Å². The summed E-state index contributed by atoms with van der Waals surface area (Å²) in [5.41, 5.74) is 5.15. The first-order valence-corrected chi connectivity index (χ1v) is 12.5. The standard InChI is InChI=1S/C28H38N4O/c1-5-22-11-13-23(14-12-22)24(17-20(2)3)18-29-28(33)26-9-8-10-27-30-25(19-32(26)27)21(4)31-15-6-7-16-31/h8-14,19-21,24H,5-7,15-18H2,1-4H3,(H,29,33). The number of imidazole rings is 1. The molecule has 1 fully saturated rings. The van der Waals surface area contributed by atoms with E-state index in [0.717, 1.165) is 37.3 Å². The molecule has 33 heavy (non-hydrogen) atoms. The average Bonchev–Trinajstić information content (AvgIpc) is 3.51. The zero-order valence-corrected chi connectivity index (χ0v) is 20.6. The number of nitrogens with one attached hydrogen (secondary N) is 1. The largest absolute Gasteiger partial charge is 0.350 e. The summed E-state index contributed by atoms with van der Waals surface area (Å²) in [5, 5.41) is 3.22. The van der Waals surface area contributed by atoms with Crippen LogP contribution >= 0.6 is 0 Å². The highest BCUT2D eigenvalue weighted by Gasteiger charge is 2.23. The van der Waals surface area contributed by atoms with Gasteiger partial charge in [0.2, 0.25) is 0 Å². The van der Waals surface area contributed by atoms with Crippen molar-refractivity contribution in [2.75, 3.05) is 19.6 Å². The van der Waals surface area contributed by atoms with E-state index >= 15 is 0 Å². The number of hydrogen-bond acceptors (Lipinski definition) is 3. The number of aryl methyl sites for hydroxylation is 1. The van der Waals surface area contributed by atoms with Crippen molar-refractivity contribution < 1.29 is 4.79 Å². The van der Waals surface area contributed by atoms with E-state index in [0.29, 0.717) is 24.1 Å². The Bertz CT molecular complexity index is 1060. The molecule has 0 radical (unpaired) electrons. The van der Waals surface area contributed by atoms with Crippen LogP contribution in [0.5, 0.6) is 0 Å². The van der Waals surface area contributed by atoms with Crippen LogP contribution in [0.4, 0.5) is 0 Å². The van der Waals surface area contributed by atoms with Crippen molar-refractivity contribution in [3.63, 3.8) is 0 Å². The maximum atomic E-state index is 13.2. The van der Waals surface area contributed by atoms with Crippen LogP contribution in [0, 0.1) is 5.92 Å². The van der Waals surface area contributed by atoms with E-state index in [1.54, 1.807) is 0 Å². The number of amides is 1. The van der Waals surface area contributed by atoms with E-state index in [-0.39, 0.29) is 11.9 Å². The summed E-state index contributed by atoms with van der Waals surface area (Å²) in [5.74, 6) is 0.814. The van der Waals surface area contributed by atoms with Crippen molar-refractivity contribution in [1.82, 2.24) is 19.6 Å². The van der Waals surface area contributed by atoms with Gasteiger partial charge in [0.15, 0.2) is 0 Å². The predicted molar refractivity (Wildman–Crippen MR) is 135 cm³/mol. The molecule has 0 saturated carbocycles. The lowest BCUT2D eigenvalue weighted by Gasteiger charge is -2.21. The summed E-state index contributed by atoms with van der Waals surface area (Å²) in [4.78, 5) is 20.6. The van der Waals surface area contributed by atoms with Crippen LogP contribution in [0.3, 0.4) is 0 Å². The molecular formula is C28H38N4O. The molecular weight excluding hydrogens is 408 g/mol. The average molecular weight is 447 g/mol. The van der Waals surface area contributed by atoms with Gasteiger partial charge in [0, 0.05) is 18.7 Å². The fourth-order valence-corrected chi connectivity index (χ4v) is 4.97. The quantitative estimate of drug-likeness (QED) is 0.465. The molecule has 0 spiro atoms. The summed E-state index contributed by atoms with van der Waals surface area (Å²) in [7, 11) is 0. The Kier molecular flexibility index (Phi) is 7.49. The number of nitrogens with zero attached hydrogens (tertiary/aromatic N) is 3. The van der Waals surface area contributed by atoms with E-state index in [2.05, 4.69) is 62.2 Å². The fraction of sp³-hybridized carbons (Fsp3) is 0.500. The maximum absolute atomic E-state index is 13.2. The van der Waals surface area contributed by atoms with Crippen molar-refractivity contribution in [2.45, 2.75) is 65.3 Å². The number of rotatable bonds is 9. The minimum atomic E-state index is -0.0442. The molecule has 1 aliphatic heterocycles. The molecule has 0 bridgehead atoms. The lowest BCUT2D eigenvalue weighted by Crippen LogP contribution is -2.30. The number of benzene rings is 1. The molecule has 1 saturated heterocycles. The topological polar surface area (TPSA) is 49.6 Å². The number of hydrogen-bond donors (Lipinski definition) is 1. The van der Waals surface area contributed by atoms with Gasteiger partial charge in [0.1, 0.15) is 11.3 Å². The van der Waals surface area contributed by atoms with E-state index < -0.39 is 0 Å². The molecule has 2 aromatic heterocycles. The monoisotopic (exact) mass is 446 g/mol. The molecule has 2 unspecified atom stereocenters. The Balaban J connectivity index is 1.50. The van der Waals surface area contributed by atoms with Crippen molar-refractivity contribution in [2.24, 2.45) is 5.92 Å². The third-order valence-corrected chi connectivity index (χ3v) is 6.98. The van der Waals surface area contributed by atoms with Gasteiger partial charge < -0.3 is 5.32 Å². The van der Waals surface area contributed by atoms with Crippen molar-refractivity contribution in [3.8, 4) is 0 Å². The number of likely N-dealkylation sites (tertiary alicyclic amines) is 1. The first-order valence-electron chi connectivity index (χ1n) is 12.5. The fourth-order valence-electron chi connectivity index (χ4n) is 4.97. The minimum absolute atomic E-state index is 0.0442. The molecule has 3 heterocycles. The molecule has 5 nitrogen and oxygen atoms in total. The second-order valence-corrected chi connectivity index (χ2v) is 9.86. The number of carbonyl (C=O) groups excluding carboxylic acids is 1. The number of aromatic nitrogens is 2. The van der Waals surface area contributed by atoms with E-state index in [9.17, 15) is 4.79 Å². The first-order chi connectivity index (χ1) is 16.0. The van der Waals surface area contributed by atoms with Crippen molar-refractivity contribution in [3.05, 3.63) is 71.2 Å². The zero-order chi connectivity index (χ0) is 23.4. The number of carbonyl (C=O) groups is 1. The Morgan fingerprint density at radius 2 is 1.79 bits per heavy atom. The normalized spacial score (nSPS) is 16.4. The second-order valence-electron chi connectivity index (χ2n) is 9.86. The SMILES string of the molecule is CCc1ccc(C(CNC(=O)c2cccc3nc(C(C)N4CCCC4)cn23)CC(C)C)cc1. The van der Waals surface area contributed by atoms with Crippen LogP contribution in [-0.4, -0.2) is 39.8 Å². The number of pyridine rings is 1. The Hall–Kier alpha value is -2.66. The van der Waals surface area contributed by atoms with Crippen LogP contribution in [0.25, 0.3) is 5.65 Å². The number of fused-ring (bicyclic) bond motifs is 1. The van der Waals surface area contributed by atoms with Gasteiger partial charge in [0.05, 0.1) is 11.7 Å². The van der Waals surface area contributed by atoms with Gasteiger partial charge in [-0.2, -0.15) is 0 Å². The Labute approximate surface area is 198 Å².